The first-order valence-corrected chi connectivity index (χ1v) is 40.8. The standard InChI is InChI=1S/C16H19NO6.2C16H21NO4.C13H15NO6.C12H13NO6.C10H11NO6.C10H11NO5/c1-5-9-21-14-12(16(18)22-10-6-2)7-8-13(17(19)20)15(14)23-11(3)4;2*1-5-9-19-14-12(16(18)20-10-6-2)7-8-13(17)15(14)21-11(3)4;1-4-7-19-11-9(13(15)16)5-6-10(14(17)18)12(11)20-8(2)3;1-7(2)18-12-10(13(16)17)5-4-9(6-14)11(12)19-8(3)15;1-5(2)17-9-7(11(15)16)4-3-6(8(9)12)10(13)14;1-6(2)16-10-8(11(14)15)4-3-7(5-12)9(10)13/h5-8,11H,1-2,9-10H2,3-4H3;2*5-8,11H,1-2,9-10,17H2,3-4H3;4-6,8H,1,7H2,2-3H3,(H,15,16);4-7H,1-3H3;3-5,12H,1-2H3,(H,13,14);3-6,13H,1-2H3. The molecule has 0 fully saturated rings. The van der Waals surface area contributed by atoms with Crippen LogP contribution in [0.2, 0.25) is 0 Å². The lowest BCUT2D eigenvalue weighted by Crippen LogP contribution is -2.13. The molecule has 7 aromatic rings. The van der Waals surface area contributed by atoms with Crippen molar-refractivity contribution < 1.29 is 154 Å². The van der Waals surface area contributed by atoms with E-state index in [4.69, 9.17) is 92.7 Å². The topological polar surface area (TPSA) is 624 Å². The number of nitro benzene ring substituents is 5. The summed E-state index contributed by atoms with van der Waals surface area (Å²) in [4.78, 5) is 142. The number of hydrogen-bond acceptors (Lipinski definition) is 37. The Morgan fingerprint density at radius 1 is 0.314 bits per heavy atom. The number of esters is 4. The summed E-state index contributed by atoms with van der Waals surface area (Å²) in [5.74, 6) is -6.78. The number of aromatic carboxylic acids is 2. The third-order valence-electron chi connectivity index (χ3n) is 15.3. The Bertz CT molecular complexity index is 5370. The van der Waals surface area contributed by atoms with Crippen LogP contribution in [-0.4, -0.2) is 182 Å². The number of ether oxygens (including phenoxy) is 15. The number of aromatic hydroxyl groups is 2. The molecule has 137 heavy (non-hydrogen) atoms. The zero-order chi connectivity index (χ0) is 104. The molecule has 0 spiro atoms. The molecule has 0 amide bonds. The molecule has 0 aliphatic heterocycles. The van der Waals surface area contributed by atoms with Gasteiger partial charge < -0.3 is 103 Å². The molecule has 0 aliphatic rings. The number of carbonyl (C=O) groups is 8. The molecule has 0 heterocycles. The Kier molecular flexibility index (Phi) is 51.7. The third-order valence-corrected chi connectivity index (χ3v) is 15.3. The predicted molar refractivity (Wildman–Crippen MR) is 501 cm³/mol. The van der Waals surface area contributed by atoms with Crippen molar-refractivity contribution in [2.24, 2.45) is 0 Å². The summed E-state index contributed by atoms with van der Waals surface area (Å²) in [5.41, 5.74) is 10.6. The summed E-state index contributed by atoms with van der Waals surface area (Å²) in [5, 5.41) is 91.7. The van der Waals surface area contributed by atoms with Gasteiger partial charge in [-0.1, -0.05) is 88.6 Å². The SMILES string of the molecule is C=CCOC(=O)c1ccc(N)c(OC(C)C)c1OCC=C.C=CCOC(=O)c1ccc(N)c(OC(C)C)c1OCC=C.C=CCOC(=O)c1ccc([N+](=O)[O-])c(OC(C)C)c1OCC=C.C=CCOc1c(C(=O)O)ccc([N+](=O)[O-])c1OC(C)C.CC(=O)Oc1c(C=O)ccc([N+](=O)[O-])c1OC(C)C.CC(C)Oc1c([N+](=O)[O-])ccc(C(=O)O)c1O.CC(C)Oc1c([N+](=O)[O-])ccc(C=O)c1O. The molecule has 0 radical (unpaired) electrons. The summed E-state index contributed by atoms with van der Waals surface area (Å²) < 4.78 is 79.4. The molecule has 44 nitrogen and oxygen atoms in total. The number of nitro groups is 5. The van der Waals surface area contributed by atoms with E-state index >= 15 is 0 Å². The van der Waals surface area contributed by atoms with Crippen molar-refractivity contribution in [1.29, 1.82) is 0 Å². The van der Waals surface area contributed by atoms with Crippen molar-refractivity contribution in [1.82, 2.24) is 0 Å². The van der Waals surface area contributed by atoms with Gasteiger partial charge >= 0.3 is 64.3 Å². The second-order valence-electron chi connectivity index (χ2n) is 28.7. The number of benzene rings is 7. The molecule has 8 N–H and O–H groups in total. The number of carboxylic acid groups (broad SMARTS) is 2. The molecule has 44 heteroatoms. The molecular formula is C93H111N7O37. The zero-order valence-corrected chi connectivity index (χ0v) is 77.9. The number of phenolic OH excluding ortho intramolecular Hbond substituents is 1. The maximum atomic E-state index is 12.1. The minimum absolute atomic E-state index is 0.00982. The van der Waals surface area contributed by atoms with Crippen molar-refractivity contribution in [3.8, 4) is 80.5 Å². The van der Waals surface area contributed by atoms with Crippen LogP contribution in [0.4, 0.5) is 39.8 Å². The summed E-state index contributed by atoms with van der Waals surface area (Å²) in [6.07, 6.45) is 9.16. The second kappa shape index (κ2) is 60.0. The quantitative estimate of drug-likeness (QED) is 0.00302. The van der Waals surface area contributed by atoms with Crippen LogP contribution in [0.1, 0.15) is 176 Å². The van der Waals surface area contributed by atoms with E-state index in [0.717, 1.165) is 43.3 Å². The van der Waals surface area contributed by atoms with Crippen LogP contribution in [0, 0.1) is 50.6 Å². The number of hydrogen-bond donors (Lipinski definition) is 6. The Hall–Kier alpha value is -17.1. The Morgan fingerprint density at radius 3 is 0.810 bits per heavy atom. The van der Waals surface area contributed by atoms with Gasteiger partial charge in [0.1, 0.15) is 74.1 Å². The molecule has 0 saturated carbocycles. The molecule has 0 aliphatic carbocycles. The van der Waals surface area contributed by atoms with E-state index in [1.807, 2.05) is 27.7 Å². The van der Waals surface area contributed by atoms with Crippen molar-refractivity contribution >= 4 is 88.2 Å². The molecule has 7 aromatic carbocycles. The van der Waals surface area contributed by atoms with Crippen molar-refractivity contribution in [2.75, 3.05) is 57.7 Å². The minimum Gasteiger partial charge on any atom is -0.504 e. The smallest absolute Gasteiger partial charge is 0.342 e. The zero-order valence-electron chi connectivity index (χ0n) is 77.9. The number of aldehydes is 2. The van der Waals surface area contributed by atoms with Gasteiger partial charge in [-0.2, -0.15) is 0 Å². The average molecular weight is 1920 g/mol. The van der Waals surface area contributed by atoms with Gasteiger partial charge in [-0.05, 0) is 152 Å². The highest BCUT2D eigenvalue weighted by atomic mass is 16.7. The monoisotopic (exact) mass is 1920 g/mol. The molecular weight excluding hydrogens is 1810 g/mol. The molecule has 0 unspecified atom stereocenters. The highest BCUT2D eigenvalue weighted by molar-refractivity contribution is 5.97. The van der Waals surface area contributed by atoms with E-state index in [1.165, 1.54) is 54.6 Å². The Balaban J connectivity index is 0.000000801. The first-order valence-electron chi connectivity index (χ1n) is 40.8. The number of carboxylic acids is 2. The number of carbonyl (C=O) groups excluding carboxylic acids is 6. The van der Waals surface area contributed by atoms with Crippen LogP contribution in [0.3, 0.4) is 0 Å². The fraction of sp³-hybridized carbons (Fsp3) is 0.312. The normalized spacial score (nSPS) is 10.1. The maximum absolute atomic E-state index is 12.1. The number of nitrogens with two attached hydrogens (primary N) is 2. The van der Waals surface area contributed by atoms with E-state index in [-0.39, 0.29) is 191 Å². The van der Waals surface area contributed by atoms with Gasteiger partial charge in [0.25, 0.3) is 0 Å². The van der Waals surface area contributed by atoms with Crippen LogP contribution in [0.15, 0.2) is 174 Å². The number of nitrogen functional groups attached to an aromatic ring is 2. The van der Waals surface area contributed by atoms with Crippen molar-refractivity contribution in [3.05, 3.63) is 263 Å². The van der Waals surface area contributed by atoms with Crippen molar-refractivity contribution in [2.45, 2.75) is 147 Å². The first-order chi connectivity index (χ1) is 64.5. The highest BCUT2D eigenvalue weighted by Crippen LogP contribution is 2.47. The van der Waals surface area contributed by atoms with Gasteiger partial charge in [0.05, 0.1) is 89.8 Å². The van der Waals surface area contributed by atoms with Gasteiger partial charge in [0.2, 0.25) is 28.7 Å². The third kappa shape index (κ3) is 38.3. The second-order valence-corrected chi connectivity index (χ2v) is 28.7. The van der Waals surface area contributed by atoms with Gasteiger partial charge in [-0.15, -0.1) is 0 Å². The lowest BCUT2D eigenvalue weighted by atomic mass is 10.1. The van der Waals surface area contributed by atoms with Crippen LogP contribution in [0.25, 0.3) is 0 Å². The molecule has 740 valence electrons. The number of phenols is 2. The largest absolute Gasteiger partial charge is 0.504 e. The fourth-order valence-corrected chi connectivity index (χ4v) is 10.2. The maximum Gasteiger partial charge on any atom is 0.342 e. The molecule has 0 saturated heterocycles. The lowest BCUT2D eigenvalue weighted by Gasteiger charge is -2.18. The van der Waals surface area contributed by atoms with E-state index in [9.17, 15) is 99.1 Å². The Labute approximate surface area is 787 Å². The van der Waals surface area contributed by atoms with E-state index in [0.29, 0.717) is 35.4 Å². The Morgan fingerprint density at radius 2 is 0.540 bits per heavy atom. The van der Waals surface area contributed by atoms with Crippen molar-refractivity contribution in [3.63, 3.8) is 0 Å². The van der Waals surface area contributed by atoms with Gasteiger partial charge in [0, 0.05) is 37.3 Å². The lowest BCUT2D eigenvalue weighted by molar-refractivity contribution is -0.386. The minimum atomic E-state index is -1.38. The summed E-state index contributed by atoms with van der Waals surface area (Å²) in [6, 6.07) is 17.5. The predicted octanol–water partition coefficient (Wildman–Crippen LogP) is 17.7. The number of anilines is 2. The van der Waals surface area contributed by atoms with Crippen LogP contribution < -0.4 is 68.3 Å². The molecule has 0 atom stereocenters. The molecule has 0 bridgehead atoms. The number of nitrogens with zero attached hydrogens (tertiary/aromatic N) is 5. The highest BCUT2D eigenvalue weighted by Gasteiger charge is 2.33. The number of rotatable bonds is 45. The van der Waals surface area contributed by atoms with Crippen LogP contribution >= 0.6 is 0 Å². The van der Waals surface area contributed by atoms with Gasteiger partial charge in [-0.25, -0.2) is 24.0 Å². The van der Waals surface area contributed by atoms with Crippen LogP contribution in [-0.2, 0) is 19.0 Å². The van der Waals surface area contributed by atoms with Gasteiger partial charge in [-0.3, -0.25) is 65.0 Å². The summed E-state index contributed by atoms with van der Waals surface area (Å²) in [7, 11) is 0. The van der Waals surface area contributed by atoms with Gasteiger partial charge in [0.15, 0.2) is 64.3 Å². The molecule has 7 rings (SSSR count). The van der Waals surface area contributed by atoms with E-state index in [1.54, 1.807) is 106 Å². The fourth-order valence-electron chi connectivity index (χ4n) is 10.2. The average Bonchev–Trinajstić information content (AvgIpc) is 0.791. The summed E-state index contributed by atoms with van der Waals surface area (Å²) in [6.45, 7) is 50.6. The molecule has 0 aromatic heterocycles. The van der Waals surface area contributed by atoms with Crippen LogP contribution in [0.5, 0.6) is 80.5 Å². The first kappa shape index (κ1) is 118. The van der Waals surface area contributed by atoms with E-state index in [2.05, 4.69) is 46.1 Å². The summed E-state index contributed by atoms with van der Waals surface area (Å²) >= 11 is 0. The van der Waals surface area contributed by atoms with E-state index < -0.39 is 95.0 Å².